The topological polar surface area (TPSA) is 29.3 Å². The van der Waals surface area contributed by atoms with Gasteiger partial charge in [0.15, 0.2) is 0 Å². The summed E-state index contributed by atoms with van der Waals surface area (Å²) in [7, 11) is 0. The molecule has 108 valence electrons. The third-order valence-corrected chi connectivity index (χ3v) is 5.09. The predicted octanol–water partition coefficient (Wildman–Crippen LogP) is 3.54. The van der Waals surface area contributed by atoms with Crippen LogP contribution in [-0.2, 0) is 0 Å². The number of rotatable bonds is 9. The number of thioether (sulfide) groups is 1. The van der Waals surface area contributed by atoms with Crippen molar-refractivity contribution in [3.05, 3.63) is 35.9 Å². The number of nitrogens with zero attached hydrogens (tertiary/aromatic N) is 1. The van der Waals surface area contributed by atoms with E-state index in [0.29, 0.717) is 5.25 Å². The first-order valence-corrected chi connectivity index (χ1v) is 8.42. The zero-order chi connectivity index (χ0) is 14.1. The molecule has 0 bridgehead atoms. The summed E-state index contributed by atoms with van der Waals surface area (Å²) < 4.78 is 0. The Kier molecular flexibility index (Phi) is 8.19. The fraction of sp³-hybridized carbons (Fsp3) is 0.625. The van der Waals surface area contributed by atoms with E-state index in [1.165, 1.54) is 11.3 Å². The quantitative estimate of drug-likeness (QED) is 0.750. The molecule has 0 aliphatic rings. The van der Waals surface area contributed by atoms with Crippen molar-refractivity contribution in [2.75, 3.05) is 25.4 Å². The van der Waals surface area contributed by atoms with Gasteiger partial charge in [0.25, 0.3) is 0 Å². The van der Waals surface area contributed by atoms with Crippen LogP contribution in [0.2, 0.25) is 0 Å². The highest BCUT2D eigenvalue weighted by Gasteiger charge is 2.18. The second-order valence-electron chi connectivity index (χ2n) is 4.78. The average molecular weight is 280 g/mol. The van der Waals surface area contributed by atoms with Crippen molar-refractivity contribution < 1.29 is 0 Å². The lowest BCUT2D eigenvalue weighted by Crippen LogP contribution is -2.28. The second-order valence-corrected chi connectivity index (χ2v) is 6.13. The summed E-state index contributed by atoms with van der Waals surface area (Å²) in [6, 6.07) is 10.6. The Balaban J connectivity index is 2.45. The van der Waals surface area contributed by atoms with Gasteiger partial charge >= 0.3 is 0 Å². The molecular weight excluding hydrogens is 252 g/mol. The van der Waals surface area contributed by atoms with Gasteiger partial charge in [0.2, 0.25) is 0 Å². The molecule has 2 nitrogen and oxygen atoms in total. The minimum absolute atomic E-state index is 0.146. The monoisotopic (exact) mass is 280 g/mol. The Morgan fingerprint density at radius 2 is 1.74 bits per heavy atom. The lowest BCUT2D eigenvalue weighted by Gasteiger charge is -2.24. The summed E-state index contributed by atoms with van der Waals surface area (Å²) in [5, 5.41) is 0.512. The van der Waals surface area contributed by atoms with Gasteiger partial charge in [0.1, 0.15) is 0 Å². The molecule has 0 aromatic heterocycles. The number of nitrogens with two attached hydrogens (primary N) is 1. The first-order valence-electron chi connectivity index (χ1n) is 7.37. The summed E-state index contributed by atoms with van der Waals surface area (Å²) in [5.41, 5.74) is 7.65. The van der Waals surface area contributed by atoms with Crippen molar-refractivity contribution in [3.63, 3.8) is 0 Å². The van der Waals surface area contributed by atoms with Crippen LogP contribution in [0.4, 0.5) is 0 Å². The van der Waals surface area contributed by atoms with Crippen LogP contribution in [0.5, 0.6) is 0 Å². The first-order chi connectivity index (χ1) is 9.22. The molecule has 1 aromatic rings. The molecule has 19 heavy (non-hydrogen) atoms. The molecule has 2 N–H and O–H groups in total. The molecule has 2 unspecified atom stereocenters. The van der Waals surface area contributed by atoms with Gasteiger partial charge in [-0.2, -0.15) is 11.8 Å². The summed E-state index contributed by atoms with van der Waals surface area (Å²) >= 11 is 2.02. The van der Waals surface area contributed by atoms with E-state index in [1.54, 1.807) is 0 Å². The van der Waals surface area contributed by atoms with Crippen LogP contribution in [0, 0.1) is 0 Å². The molecule has 0 fully saturated rings. The van der Waals surface area contributed by atoms with E-state index < -0.39 is 0 Å². The van der Waals surface area contributed by atoms with Crippen LogP contribution in [0.1, 0.15) is 38.8 Å². The van der Waals surface area contributed by atoms with Crippen molar-refractivity contribution in [2.24, 2.45) is 5.73 Å². The molecule has 0 radical (unpaired) electrons. The number of hydrogen-bond acceptors (Lipinski definition) is 3. The molecular formula is C16H28N2S. The van der Waals surface area contributed by atoms with Crippen molar-refractivity contribution in [3.8, 4) is 0 Å². The van der Waals surface area contributed by atoms with E-state index >= 15 is 0 Å². The third kappa shape index (κ3) is 5.55. The maximum atomic E-state index is 6.40. The zero-order valence-corrected chi connectivity index (χ0v) is 13.3. The van der Waals surface area contributed by atoms with Gasteiger partial charge in [-0.3, -0.25) is 0 Å². The van der Waals surface area contributed by atoms with Crippen molar-refractivity contribution in [1.82, 2.24) is 4.90 Å². The Morgan fingerprint density at radius 1 is 1.11 bits per heavy atom. The molecule has 0 saturated heterocycles. The molecule has 3 heteroatoms. The molecule has 1 aromatic carbocycles. The fourth-order valence-corrected chi connectivity index (χ4v) is 3.50. The molecule has 0 saturated carbocycles. The zero-order valence-electron chi connectivity index (χ0n) is 12.5. The molecule has 0 amide bonds. The van der Waals surface area contributed by atoms with Gasteiger partial charge in [0, 0.05) is 23.6 Å². The smallest absolute Gasteiger partial charge is 0.0415 e. The third-order valence-electron chi connectivity index (χ3n) is 3.62. The summed E-state index contributed by atoms with van der Waals surface area (Å²) in [6.45, 7) is 10.1. The van der Waals surface area contributed by atoms with Gasteiger partial charge in [0.05, 0.1) is 0 Å². The van der Waals surface area contributed by atoms with Crippen molar-refractivity contribution in [1.29, 1.82) is 0 Å². The van der Waals surface area contributed by atoms with Gasteiger partial charge in [-0.1, -0.05) is 51.1 Å². The highest BCUT2D eigenvalue weighted by atomic mass is 32.2. The van der Waals surface area contributed by atoms with Crippen LogP contribution < -0.4 is 5.73 Å². The lowest BCUT2D eigenvalue weighted by atomic mass is 10.0. The predicted molar refractivity (Wildman–Crippen MR) is 87.7 cm³/mol. The standard InChI is InChI=1S/C16H28N2S/c1-4-15(19-13-12-18(5-2)6-3)16(17)14-10-8-7-9-11-14/h7-11,15-16H,4-6,12-13,17H2,1-3H3. The van der Waals surface area contributed by atoms with E-state index in [4.69, 9.17) is 5.73 Å². The number of hydrogen-bond donors (Lipinski definition) is 1. The largest absolute Gasteiger partial charge is 0.323 e. The van der Waals surface area contributed by atoms with Crippen LogP contribution in [-0.4, -0.2) is 35.5 Å². The SMILES string of the molecule is CCC(SCCN(CC)CC)C(N)c1ccccc1. The Bertz CT molecular complexity index is 325. The van der Waals surface area contributed by atoms with Crippen LogP contribution in [0.15, 0.2) is 30.3 Å². The summed E-state index contributed by atoms with van der Waals surface area (Å²) in [6.07, 6.45) is 1.12. The lowest BCUT2D eigenvalue weighted by molar-refractivity contribution is 0.323. The van der Waals surface area contributed by atoms with Crippen LogP contribution in [0.25, 0.3) is 0 Å². The highest BCUT2D eigenvalue weighted by Crippen LogP contribution is 2.27. The van der Waals surface area contributed by atoms with Gasteiger partial charge < -0.3 is 10.6 Å². The van der Waals surface area contributed by atoms with E-state index in [9.17, 15) is 0 Å². The highest BCUT2D eigenvalue weighted by molar-refractivity contribution is 7.99. The maximum absolute atomic E-state index is 6.40. The van der Waals surface area contributed by atoms with E-state index in [2.05, 4.69) is 49.9 Å². The van der Waals surface area contributed by atoms with Crippen molar-refractivity contribution in [2.45, 2.75) is 38.5 Å². The Labute approximate surface area is 122 Å². The summed E-state index contributed by atoms with van der Waals surface area (Å²) in [4.78, 5) is 2.47. The molecule has 0 spiro atoms. The molecule has 1 rings (SSSR count). The van der Waals surface area contributed by atoms with E-state index in [0.717, 1.165) is 26.1 Å². The first kappa shape index (κ1) is 16.5. The molecule has 0 aliphatic carbocycles. The molecule has 0 aliphatic heterocycles. The Hall–Kier alpha value is -0.510. The van der Waals surface area contributed by atoms with Gasteiger partial charge in [-0.15, -0.1) is 0 Å². The molecule has 0 heterocycles. The van der Waals surface area contributed by atoms with Crippen LogP contribution in [0.3, 0.4) is 0 Å². The molecule has 2 atom stereocenters. The maximum Gasteiger partial charge on any atom is 0.0415 e. The number of benzene rings is 1. The van der Waals surface area contributed by atoms with Gasteiger partial charge in [-0.05, 0) is 25.1 Å². The summed E-state index contributed by atoms with van der Waals surface area (Å²) in [5.74, 6) is 1.17. The van der Waals surface area contributed by atoms with Crippen LogP contribution >= 0.6 is 11.8 Å². The normalized spacial score (nSPS) is 14.6. The van der Waals surface area contributed by atoms with E-state index in [-0.39, 0.29) is 6.04 Å². The van der Waals surface area contributed by atoms with E-state index in [1.807, 2.05) is 17.8 Å². The average Bonchev–Trinajstić information content (AvgIpc) is 2.48. The second kappa shape index (κ2) is 9.40. The minimum Gasteiger partial charge on any atom is -0.323 e. The van der Waals surface area contributed by atoms with Gasteiger partial charge in [-0.25, -0.2) is 0 Å². The Morgan fingerprint density at radius 3 is 2.26 bits per heavy atom. The fourth-order valence-electron chi connectivity index (χ4n) is 2.24. The minimum atomic E-state index is 0.146. The van der Waals surface area contributed by atoms with Crippen molar-refractivity contribution >= 4 is 11.8 Å².